The summed E-state index contributed by atoms with van der Waals surface area (Å²) in [7, 11) is 1.38. The monoisotopic (exact) mass is 251 g/mol. The molecule has 4 heteroatoms. The van der Waals surface area contributed by atoms with Crippen molar-refractivity contribution in [2.24, 2.45) is 0 Å². The van der Waals surface area contributed by atoms with Crippen LogP contribution in [0, 0.1) is 0 Å². The van der Waals surface area contributed by atoms with E-state index in [0.717, 1.165) is 5.56 Å². The lowest BCUT2D eigenvalue weighted by Crippen LogP contribution is -2.44. The predicted molar refractivity (Wildman–Crippen MR) is 70.2 cm³/mol. The lowest BCUT2D eigenvalue weighted by atomic mass is 10.2. The number of hydrogen-bond acceptors (Lipinski definition) is 4. The number of carbonyl (C=O) groups is 1. The molecule has 18 heavy (non-hydrogen) atoms. The van der Waals surface area contributed by atoms with Gasteiger partial charge in [-0.3, -0.25) is 4.79 Å². The highest BCUT2D eigenvalue weighted by Gasteiger charge is 2.19. The molecule has 0 radical (unpaired) electrons. The number of rotatable bonds is 7. The summed E-state index contributed by atoms with van der Waals surface area (Å²) in [5, 5.41) is 3.12. The van der Waals surface area contributed by atoms with Gasteiger partial charge in [0.2, 0.25) is 0 Å². The van der Waals surface area contributed by atoms with Crippen LogP contribution in [0.5, 0.6) is 0 Å². The first-order chi connectivity index (χ1) is 8.63. The van der Waals surface area contributed by atoms with Gasteiger partial charge in [0.25, 0.3) is 0 Å². The molecule has 0 aliphatic heterocycles. The Kier molecular flexibility index (Phi) is 6.39. The van der Waals surface area contributed by atoms with Crippen LogP contribution in [0.1, 0.15) is 19.4 Å². The van der Waals surface area contributed by atoms with E-state index in [1.165, 1.54) is 7.11 Å². The summed E-state index contributed by atoms with van der Waals surface area (Å²) in [5.41, 5.74) is 1.09. The van der Waals surface area contributed by atoms with Crippen LogP contribution in [0.2, 0.25) is 0 Å². The van der Waals surface area contributed by atoms with Crippen molar-refractivity contribution in [3.05, 3.63) is 35.9 Å². The predicted octanol–water partition coefficient (Wildman–Crippen LogP) is 1.74. The van der Waals surface area contributed by atoms with Crippen molar-refractivity contribution < 1.29 is 14.3 Å². The van der Waals surface area contributed by atoms with Crippen LogP contribution in [0.3, 0.4) is 0 Å². The Morgan fingerprint density at radius 2 is 1.94 bits per heavy atom. The second kappa shape index (κ2) is 7.84. The van der Waals surface area contributed by atoms with Gasteiger partial charge in [0.05, 0.1) is 20.3 Å². The van der Waals surface area contributed by atoms with Gasteiger partial charge < -0.3 is 14.8 Å². The maximum atomic E-state index is 11.5. The SMILES string of the molecule is COC(=O)C(COCc1ccccc1)NC(C)C. The number of hydrogen-bond donors (Lipinski definition) is 1. The number of carbonyl (C=O) groups excluding carboxylic acids is 1. The highest BCUT2D eigenvalue weighted by atomic mass is 16.5. The molecular weight excluding hydrogens is 230 g/mol. The average Bonchev–Trinajstić information content (AvgIpc) is 2.37. The normalized spacial score (nSPS) is 12.4. The lowest BCUT2D eigenvalue weighted by molar-refractivity contribution is -0.145. The number of ether oxygens (including phenoxy) is 2. The minimum atomic E-state index is -0.418. The Hall–Kier alpha value is -1.39. The third-order valence-electron chi connectivity index (χ3n) is 2.42. The largest absolute Gasteiger partial charge is 0.468 e. The molecule has 0 bridgehead atoms. The van der Waals surface area contributed by atoms with Gasteiger partial charge in [-0.2, -0.15) is 0 Å². The van der Waals surface area contributed by atoms with Gasteiger partial charge in [-0.1, -0.05) is 44.2 Å². The molecule has 1 atom stereocenters. The summed E-state index contributed by atoms with van der Waals surface area (Å²) in [6, 6.07) is 9.65. The van der Waals surface area contributed by atoms with E-state index in [9.17, 15) is 4.79 Å². The maximum absolute atomic E-state index is 11.5. The van der Waals surface area contributed by atoms with Crippen molar-refractivity contribution in [3.8, 4) is 0 Å². The smallest absolute Gasteiger partial charge is 0.325 e. The van der Waals surface area contributed by atoms with Gasteiger partial charge in [-0.15, -0.1) is 0 Å². The third-order valence-corrected chi connectivity index (χ3v) is 2.42. The Labute approximate surface area is 108 Å². The van der Waals surface area contributed by atoms with E-state index in [2.05, 4.69) is 5.32 Å². The second-order valence-corrected chi connectivity index (χ2v) is 4.40. The fraction of sp³-hybridized carbons (Fsp3) is 0.500. The van der Waals surface area contributed by atoms with Crippen LogP contribution in [-0.4, -0.2) is 31.8 Å². The highest BCUT2D eigenvalue weighted by molar-refractivity contribution is 5.75. The first-order valence-electron chi connectivity index (χ1n) is 6.09. The Balaban J connectivity index is 2.40. The molecular formula is C14H21NO3. The van der Waals surface area contributed by atoms with E-state index in [4.69, 9.17) is 9.47 Å². The van der Waals surface area contributed by atoms with Crippen LogP contribution in [-0.2, 0) is 20.9 Å². The number of esters is 1. The van der Waals surface area contributed by atoms with Crippen molar-refractivity contribution >= 4 is 5.97 Å². The maximum Gasteiger partial charge on any atom is 0.325 e. The molecule has 0 spiro atoms. The standard InChI is InChI=1S/C14H21NO3/c1-11(2)15-13(14(16)17-3)10-18-9-12-7-5-4-6-8-12/h4-8,11,13,15H,9-10H2,1-3H3. The summed E-state index contributed by atoms with van der Waals surface area (Å²) >= 11 is 0. The number of methoxy groups -OCH3 is 1. The van der Waals surface area contributed by atoms with E-state index < -0.39 is 6.04 Å². The van der Waals surface area contributed by atoms with Crippen LogP contribution in [0.4, 0.5) is 0 Å². The molecule has 0 heterocycles. The molecule has 1 aromatic carbocycles. The Morgan fingerprint density at radius 3 is 2.50 bits per heavy atom. The second-order valence-electron chi connectivity index (χ2n) is 4.40. The fourth-order valence-corrected chi connectivity index (χ4v) is 1.60. The number of nitrogens with one attached hydrogen (secondary N) is 1. The summed E-state index contributed by atoms with van der Waals surface area (Å²) in [6.45, 7) is 4.76. The molecule has 0 saturated heterocycles. The van der Waals surface area contributed by atoms with E-state index in [0.29, 0.717) is 13.2 Å². The molecule has 4 nitrogen and oxygen atoms in total. The summed E-state index contributed by atoms with van der Waals surface area (Å²) in [4.78, 5) is 11.5. The topological polar surface area (TPSA) is 47.6 Å². The minimum absolute atomic E-state index is 0.203. The number of benzene rings is 1. The van der Waals surface area contributed by atoms with Gasteiger partial charge in [0, 0.05) is 6.04 Å². The lowest BCUT2D eigenvalue weighted by Gasteiger charge is -2.19. The van der Waals surface area contributed by atoms with Crippen LogP contribution in [0.25, 0.3) is 0 Å². The van der Waals surface area contributed by atoms with Gasteiger partial charge in [-0.05, 0) is 5.56 Å². The summed E-state index contributed by atoms with van der Waals surface area (Å²) in [5.74, 6) is -0.295. The van der Waals surface area contributed by atoms with Crippen molar-refractivity contribution in [2.45, 2.75) is 32.5 Å². The van der Waals surface area contributed by atoms with Crippen molar-refractivity contribution in [1.29, 1.82) is 0 Å². The molecule has 0 aromatic heterocycles. The molecule has 0 aliphatic rings. The van der Waals surface area contributed by atoms with Crippen LogP contribution >= 0.6 is 0 Å². The van der Waals surface area contributed by atoms with Gasteiger partial charge in [-0.25, -0.2) is 0 Å². The van der Waals surface area contributed by atoms with Gasteiger partial charge >= 0.3 is 5.97 Å². The van der Waals surface area contributed by atoms with Gasteiger partial charge in [0.1, 0.15) is 6.04 Å². The van der Waals surface area contributed by atoms with E-state index in [1.807, 2.05) is 44.2 Å². The molecule has 1 N–H and O–H groups in total. The quantitative estimate of drug-likeness (QED) is 0.750. The third kappa shape index (κ3) is 5.29. The zero-order valence-electron chi connectivity index (χ0n) is 11.2. The summed E-state index contributed by atoms with van der Waals surface area (Å²) < 4.78 is 10.3. The highest BCUT2D eigenvalue weighted by Crippen LogP contribution is 2.02. The molecule has 1 unspecified atom stereocenters. The zero-order valence-corrected chi connectivity index (χ0v) is 11.2. The fourth-order valence-electron chi connectivity index (χ4n) is 1.60. The molecule has 100 valence electrons. The Morgan fingerprint density at radius 1 is 1.28 bits per heavy atom. The van der Waals surface area contributed by atoms with Crippen molar-refractivity contribution in [3.63, 3.8) is 0 Å². The van der Waals surface area contributed by atoms with Crippen LogP contribution < -0.4 is 5.32 Å². The van der Waals surface area contributed by atoms with E-state index in [1.54, 1.807) is 0 Å². The van der Waals surface area contributed by atoms with Crippen molar-refractivity contribution in [2.75, 3.05) is 13.7 Å². The van der Waals surface area contributed by atoms with Crippen molar-refractivity contribution in [1.82, 2.24) is 5.32 Å². The van der Waals surface area contributed by atoms with Gasteiger partial charge in [0.15, 0.2) is 0 Å². The molecule has 0 saturated carbocycles. The first kappa shape index (κ1) is 14.7. The molecule has 0 aliphatic carbocycles. The zero-order chi connectivity index (χ0) is 13.4. The molecule has 0 amide bonds. The van der Waals surface area contributed by atoms with E-state index >= 15 is 0 Å². The first-order valence-corrected chi connectivity index (χ1v) is 6.09. The molecule has 1 rings (SSSR count). The summed E-state index contributed by atoms with van der Waals surface area (Å²) in [6.07, 6.45) is 0. The average molecular weight is 251 g/mol. The van der Waals surface area contributed by atoms with E-state index in [-0.39, 0.29) is 12.0 Å². The molecule has 0 fully saturated rings. The van der Waals surface area contributed by atoms with Crippen LogP contribution in [0.15, 0.2) is 30.3 Å². The Bertz CT molecular complexity index is 351. The minimum Gasteiger partial charge on any atom is -0.468 e. The molecule has 1 aromatic rings.